The fourth-order valence-corrected chi connectivity index (χ4v) is 1.54. The number of benzene rings is 2. The minimum absolute atomic E-state index is 0.0819. The summed E-state index contributed by atoms with van der Waals surface area (Å²) in [7, 11) is 0. The van der Waals surface area contributed by atoms with E-state index in [0.29, 0.717) is 5.56 Å². The molecule has 0 aliphatic rings. The van der Waals surface area contributed by atoms with Crippen LogP contribution in [0.1, 0.15) is 10.4 Å². The summed E-state index contributed by atoms with van der Waals surface area (Å²) in [5, 5.41) is 17.7. The lowest BCUT2D eigenvalue weighted by Gasteiger charge is -2.05. The Labute approximate surface area is 101 Å². The fraction of sp³-hybridized carbons (Fsp3) is 0. The highest BCUT2D eigenvalue weighted by Crippen LogP contribution is 2.28. The van der Waals surface area contributed by atoms with Crippen LogP contribution in [0.3, 0.4) is 0 Å². The summed E-state index contributed by atoms with van der Waals surface area (Å²) in [6.45, 7) is 0. The minimum Gasteiger partial charge on any atom is -0.503 e. The SMILES string of the molecule is O=C(O)c1ccc(-c2cc(F)c(O)c(F)c2)cc1. The van der Waals surface area contributed by atoms with Gasteiger partial charge in [0, 0.05) is 0 Å². The second-order valence-electron chi connectivity index (χ2n) is 3.67. The molecule has 5 heteroatoms. The maximum absolute atomic E-state index is 13.1. The maximum atomic E-state index is 13.1. The zero-order chi connectivity index (χ0) is 13.3. The van der Waals surface area contributed by atoms with Crippen molar-refractivity contribution >= 4 is 5.97 Å². The third kappa shape index (κ3) is 2.15. The average Bonchev–Trinajstić information content (AvgIpc) is 2.35. The van der Waals surface area contributed by atoms with Crippen molar-refractivity contribution in [3.63, 3.8) is 0 Å². The zero-order valence-corrected chi connectivity index (χ0v) is 9.02. The van der Waals surface area contributed by atoms with E-state index in [1.165, 1.54) is 24.3 Å². The molecular weight excluding hydrogens is 242 g/mol. The number of phenols is 1. The summed E-state index contributed by atoms with van der Waals surface area (Å²) < 4.78 is 26.3. The van der Waals surface area contributed by atoms with Gasteiger partial charge in [0.05, 0.1) is 5.56 Å². The largest absolute Gasteiger partial charge is 0.503 e. The molecule has 0 saturated heterocycles. The van der Waals surface area contributed by atoms with Gasteiger partial charge in [0.25, 0.3) is 0 Å². The summed E-state index contributed by atoms with van der Waals surface area (Å²) in [5.74, 6) is -4.23. The number of halogens is 2. The van der Waals surface area contributed by atoms with Crippen molar-refractivity contribution in [2.24, 2.45) is 0 Å². The highest BCUT2D eigenvalue weighted by atomic mass is 19.1. The van der Waals surface area contributed by atoms with Gasteiger partial charge in [0.15, 0.2) is 17.4 Å². The lowest BCUT2D eigenvalue weighted by atomic mass is 10.0. The number of rotatable bonds is 2. The number of hydrogen-bond donors (Lipinski definition) is 2. The van der Waals surface area contributed by atoms with Crippen LogP contribution in [0.5, 0.6) is 5.75 Å². The molecule has 0 amide bonds. The minimum atomic E-state index is -1.08. The standard InChI is InChI=1S/C13H8F2O3/c14-10-5-9(6-11(15)12(10)16)7-1-3-8(4-2-7)13(17)18/h1-6,16H,(H,17,18). The Hall–Kier alpha value is -2.43. The molecule has 0 bridgehead atoms. The van der Waals surface area contributed by atoms with Gasteiger partial charge in [-0.3, -0.25) is 0 Å². The van der Waals surface area contributed by atoms with Gasteiger partial charge in [-0.2, -0.15) is 0 Å². The Balaban J connectivity index is 2.46. The molecule has 2 N–H and O–H groups in total. The molecule has 0 aromatic heterocycles. The number of carboxylic acid groups (broad SMARTS) is 1. The van der Waals surface area contributed by atoms with Crippen molar-refractivity contribution in [3.8, 4) is 16.9 Å². The lowest BCUT2D eigenvalue weighted by molar-refractivity contribution is 0.0697. The van der Waals surface area contributed by atoms with E-state index in [9.17, 15) is 13.6 Å². The molecule has 0 unspecified atom stereocenters. The number of carboxylic acids is 1. The molecular formula is C13H8F2O3. The predicted octanol–water partition coefficient (Wildman–Crippen LogP) is 3.04. The predicted molar refractivity (Wildman–Crippen MR) is 60.4 cm³/mol. The van der Waals surface area contributed by atoms with Crippen molar-refractivity contribution in [1.82, 2.24) is 0 Å². The van der Waals surface area contributed by atoms with E-state index in [2.05, 4.69) is 0 Å². The average molecular weight is 250 g/mol. The van der Waals surface area contributed by atoms with Gasteiger partial charge in [-0.25, -0.2) is 13.6 Å². The number of aromatic carboxylic acids is 1. The summed E-state index contributed by atoms with van der Waals surface area (Å²) in [6, 6.07) is 7.51. The van der Waals surface area contributed by atoms with Gasteiger partial charge < -0.3 is 10.2 Å². The van der Waals surface area contributed by atoms with Gasteiger partial charge in [0.2, 0.25) is 0 Å². The Kier molecular flexibility index (Phi) is 2.97. The van der Waals surface area contributed by atoms with Crippen LogP contribution >= 0.6 is 0 Å². The highest BCUT2D eigenvalue weighted by Gasteiger charge is 2.11. The number of phenolic OH excluding ortho intramolecular Hbond substituents is 1. The van der Waals surface area contributed by atoms with Crippen LogP contribution in [0.15, 0.2) is 36.4 Å². The van der Waals surface area contributed by atoms with E-state index in [4.69, 9.17) is 10.2 Å². The lowest BCUT2D eigenvalue weighted by Crippen LogP contribution is -1.95. The fourth-order valence-electron chi connectivity index (χ4n) is 1.54. The molecule has 0 spiro atoms. The summed E-state index contributed by atoms with van der Waals surface area (Å²) in [6.07, 6.45) is 0. The van der Waals surface area contributed by atoms with Crippen molar-refractivity contribution in [3.05, 3.63) is 53.6 Å². The number of hydrogen-bond acceptors (Lipinski definition) is 2. The van der Waals surface area contributed by atoms with E-state index in [0.717, 1.165) is 12.1 Å². The molecule has 0 radical (unpaired) electrons. The normalized spacial score (nSPS) is 10.3. The van der Waals surface area contributed by atoms with E-state index >= 15 is 0 Å². The first-order chi connectivity index (χ1) is 8.49. The van der Waals surface area contributed by atoms with Crippen molar-refractivity contribution < 1.29 is 23.8 Å². The molecule has 0 saturated carbocycles. The van der Waals surface area contributed by atoms with Gasteiger partial charge in [0.1, 0.15) is 0 Å². The second-order valence-corrected chi connectivity index (χ2v) is 3.67. The van der Waals surface area contributed by atoms with Crippen LogP contribution in [0, 0.1) is 11.6 Å². The first-order valence-electron chi connectivity index (χ1n) is 5.01. The van der Waals surface area contributed by atoms with E-state index in [1.54, 1.807) is 0 Å². The van der Waals surface area contributed by atoms with Crippen LogP contribution < -0.4 is 0 Å². The summed E-state index contributed by atoms with van der Waals surface area (Å²) >= 11 is 0. The topological polar surface area (TPSA) is 57.5 Å². The van der Waals surface area contributed by atoms with Crippen LogP contribution in [0.2, 0.25) is 0 Å². The molecule has 92 valence electrons. The third-order valence-electron chi connectivity index (χ3n) is 2.48. The van der Waals surface area contributed by atoms with E-state index in [1.807, 2.05) is 0 Å². The number of carbonyl (C=O) groups is 1. The Morgan fingerprint density at radius 3 is 1.89 bits per heavy atom. The summed E-state index contributed by atoms with van der Waals surface area (Å²) in [4.78, 5) is 10.6. The molecule has 2 rings (SSSR count). The molecule has 18 heavy (non-hydrogen) atoms. The van der Waals surface area contributed by atoms with Gasteiger partial charge in [-0.05, 0) is 35.4 Å². The quantitative estimate of drug-likeness (QED) is 0.861. The third-order valence-corrected chi connectivity index (χ3v) is 2.48. The van der Waals surface area contributed by atoms with Gasteiger partial charge >= 0.3 is 5.97 Å². The Morgan fingerprint density at radius 1 is 0.944 bits per heavy atom. The van der Waals surface area contributed by atoms with Crippen LogP contribution in [0.25, 0.3) is 11.1 Å². The Bertz CT molecular complexity index is 583. The van der Waals surface area contributed by atoms with Crippen LogP contribution in [-0.4, -0.2) is 16.2 Å². The molecule has 0 fully saturated rings. The molecule has 2 aromatic carbocycles. The Morgan fingerprint density at radius 2 is 1.44 bits per heavy atom. The second kappa shape index (κ2) is 4.44. The molecule has 0 aliphatic heterocycles. The van der Waals surface area contributed by atoms with Crippen molar-refractivity contribution in [2.75, 3.05) is 0 Å². The monoisotopic (exact) mass is 250 g/mol. The molecule has 0 aliphatic carbocycles. The first-order valence-corrected chi connectivity index (χ1v) is 5.01. The van der Waals surface area contributed by atoms with Crippen molar-refractivity contribution in [1.29, 1.82) is 0 Å². The summed E-state index contributed by atoms with van der Waals surface area (Å²) in [5.41, 5.74) is 0.760. The smallest absolute Gasteiger partial charge is 0.335 e. The van der Waals surface area contributed by atoms with Gasteiger partial charge in [-0.15, -0.1) is 0 Å². The van der Waals surface area contributed by atoms with Gasteiger partial charge in [-0.1, -0.05) is 12.1 Å². The van der Waals surface area contributed by atoms with E-state index in [-0.39, 0.29) is 11.1 Å². The maximum Gasteiger partial charge on any atom is 0.335 e. The molecule has 3 nitrogen and oxygen atoms in total. The highest BCUT2D eigenvalue weighted by molar-refractivity contribution is 5.88. The first kappa shape index (κ1) is 12.0. The molecule has 0 heterocycles. The zero-order valence-electron chi connectivity index (χ0n) is 9.02. The van der Waals surface area contributed by atoms with Crippen LogP contribution in [-0.2, 0) is 0 Å². The molecule has 2 aromatic rings. The van der Waals surface area contributed by atoms with E-state index < -0.39 is 23.4 Å². The molecule has 0 atom stereocenters. The van der Waals surface area contributed by atoms with Crippen molar-refractivity contribution in [2.45, 2.75) is 0 Å². The number of aromatic hydroxyl groups is 1. The van der Waals surface area contributed by atoms with Crippen LogP contribution in [0.4, 0.5) is 8.78 Å².